The summed E-state index contributed by atoms with van der Waals surface area (Å²) in [5.74, 6) is 1.27. The zero-order chi connectivity index (χ0) is 16.8. The zero-order valence-corrected chi connectivity index (χ0v) is 13.9. The molecule has 0 aliphatic heterocycles. The molecule has 0 saturated carbocycles. The summed E-state index contributed by atoms with van der Waals surface area (Å²) in [6.45, 7) is 2.54. The average molecular weight is 323 g/mol. The summed E-state index contributed by atoms with van der Waals surface area (Å²) in [6.07, 6.45) is 0.712. The molecule has 3 aromatic rings. The molecule has 3 rings (SSSR count). The van der Waals surface area contributed by atoms with Gasteiger partial charge in [0.2, 0.25) is 5.89 Å². The molecule has 0 aliphatic rings. The van der Waals surface area contributed by atoms with Crippen LogP contribution in [0.5, 0.6) is 0 Å². The summed E-state index contributed by atoms with van der Waals surface area (Å²) in [5.41, 5.74) is 3.29. The molecule has 24 heavy (non-hydrogen) atoms. The van der Waals surface area contributed by atoms with Crippen LogP contribution in [0.15, 0.2) is 59.1 Å². The summed E-state index contributed by atoms with van der Waals surface area (Å²) >= 11 is 0. The van der Waals surface area contributed by atoms with Gasteiger partial charge in [-0.2, -0.15) is 4.98 Å². The lowest BCUT2D eigenvalue weighted by Crippen LogP contribution is -2.03. The predicted octanol–water partition coefficient (Wildman–Crippen LogP) is 3.98. The van der Waals surface area contributed by atoms with Gasteiger partial charge < -0.3 is 14.6 Å². The molecule has 0 aliphatic carbocycles. The Morgan fingerprint density at radius 3 is 2.75 bits per heavy atom. The number of hydrogen-bond acceptors (Lipinski definition) is 5. The van der Waals surface area contributed by atoms with Gasteiger partial charge in [-0.05, 0) is 30.2 Å². The number of hydrogen-bond donors (Lipinski definition) is 1. The normalized spacial score (nSPS) is 12.1. The van der Waals surface area contributed by atoms with Crippen molar-refractivity contribution in [3.63, 3.8) is 0 Å². The minimum atomic E-state index is 0.0643. The molecule has 5 heteroatoms. The molecular weight excluding hydrogens is 302 g/mol. The molecule has 0 radical (unpaired) electrons. The monoisotopic (exact) mass is 323 g/mol. The van der Waals surface area contributed by atoms with Crippen LogP contribution in [0.2, 0.25) is 0 Å². The number of methoxy groups -OCH3 is 1. The number of benzene rings is 2. The third-order valence-corrected chi connectivity index (χ3v) is 3.87. The van der Waals surface area contributed by atoms with Crippen molar-refractivity contribution in [3.05, 3.63) is 77.4 Å². The van der Waals surface area contributed by atoms with Crippen LogP contribution in [-0.2, 0) is 17.7 Å². The molecule has 1 aromatic heterocycles. The Kier molecular flexibility index (Phi) is 5.23. The standard InChI is InChI=1S/C19H21N3O2/c1-14(23-2)16-9-6-10-17(12-16)20-13-18-21-19(24-22-18)11-15-7-4-3-5-8-15/h3-10,12,14,20H,11,13H2,1-2H3/t14-/m1/s1. The van der Waals surface area contributed by atoms with E-state index in [1.807, 2.05) is 55.5 Å². The molecule has 1 N–H and O–H groups in total. The van der Waals surface area contributed by atoms with Gasteiger partial charge in [0, 0.05) is 12.8 Å². The van der Waals surface area contributed by atoms with E-state index < -0.39 is 0 Å². The number of nitrogens with zero attached hydrogens (tertiary/aromatic N) is 2. The fourth-order valence-corrected chi connectivity index (χ4v) is 2.42. The minimum absolute atomic E-state index is 0.0643. The minimum Gasteiger partial charge on any atom is -0.378 e. The second-order valence-electron chi connectivity index (χ2n) is 5.62. The molecule has 0 amide bonds. The first-order valence-corrected chi connectivity index (χ1v) is 7.96. The number of nitrogens with one attached hydrogen (secondary N) is 1. The van der Waals surface area contributed by atoms with E-state index in [0.717, 1.165) is 16.8 Å². The van der Waals surface area contributed by atoms with Crippen LogP contribution in [0.1, 0.15) is 35.9 Å². The molecule has 1 heterocycles. The van der Waals surface area contributed by atoms with Crippen molar-refractivity contribution in [1.82, 2.24) is 10.1 Å². The largest absolute Gasteiger partial charge is 0.378 e. The molecule has 124 valence electrons. The fourth-order valence-electron chi connectivity index (χ4n) is 2.42. The topological polar surface area (TPSA) is 60.2 Å². The smallest absolute Gasteiger partial charge is 0.231 e. The molecule has 0 spiro atoms. The van der Waals surface area contributed by atoms with Crippen LogP contribution in [-0.4, -0.2) is 17.3 Å². The van der Waals surface area contributed by atoms with E-state index >= 15 is 0 Å². The van der Waals surface area contributed by atoms with Crippen LogP contribution in [0.4, 0.5) is 5.69 Å². The van der Waals surface area contributed by atoms with Crippen LogP contribution in [0.3, 0.4) is 0 Å². The second kappa shape index (κ2) is 7.75. The van der Waals surface area contributed by atoms with Crippen LogP contribution < -0.4 is 5.32 Å². The Labute approximate surface area is 141 Å². The lowest BCUT2D eigenvalue weighted by Gasteiger charge is -2.11. The van der Waals surface area contributed by atoms with Gasteiger partial charge in [-0.1, -0.05) is 47.6 Å². The van der Waals surface area contributed by atoms with Gasteiger partial charge in [-0.3, -0.25) is 0 Å². The van der Waals surface area contributed by atoms with Gasteiger partial charge in [-0.15, -0.1) is 0 Å². The molecule has 1 atom stereocenters. The first-order chi connectivity index (χ1) is 11.7. The van der Waals surface area contributed by atoms with Gasteiger partial charge in [0.15, 0.2) is 5.82 Å². The van der Waals surface area contributed by atoms with E-state index in [1.165, 1.54) is 0 Å². The quantitative estimate of drug-likeness (QED) is 0.712. The van der Waals surface area contributed by atoms with Crippen LogP contribution >= 0.6 is 0 Å². The van der Waals surface area contributed by atoms with Gasteiger partial charge >= 0.3 is 0 Å². The Hall–Kier alpha value is -2.66. The summed E-state index contributed by atoms with van der Waals surface area (Å²) in [5, 5.41) is 7.34. The first-order valence-electron chi connectivity index (χ1n) is 7.96. The molecule has 0 bridgehead atoms. The van der Waals surface area contributed by atoms with Crippen LogP contribution in [0.25, 0.3) is 0 Å². The lowest BCUT2D eigenvalue weighted by molar-refractivity contribution is 0.119. The number of aromatic nitrogens is 2. The Bertz CT molecular complexity index is 771. The van der Waals surface area contributed by atoms with Crippen molar-refractivity contribution >= 4 is 5.69 Å². The summed E-state index contributed by atoms with van der Waals surface area (Å²) < 4.78 is 10.7. The maximum Gasteiger partial charge on any atom is 0.231 e. The van der Waals surface area contributed by atoms with E-state index in [9.17, 15) is 0 Å². The fraction of sp³-hybridized carbons (Fsp3) is 0.263. The highest BCUT2D eigenvalue weighted by Gasteiger charge is 2.08. The van der Waals surface area contributed by atoms with E-state index in [0.29, 0.717) is 24.7 Å². The number of rotatable bonds is 7. The second-order valence-corrected chi connectivity index (χ2v) is 5.62. The van der Waals surface area contributed by atoms with E-state index in [2.05, 4.69) is 21.5 Å². The Morgan fingerprint density at radius 1 is 1.12 bits per heavy atom. The predicted molar refractivity (Wildman–Crippen MR) is 92.7 cm³/mol. The summed E-state index contributed by atoms with van der Waals surface area (Å²) in [6, 6.07) is 18.2. The van der Waals surface area contributed by atoms with Gasteiger partial charge in [-0.25, -0.2) is 0 Å². The highest BCUT2D eigenvalue weighted by atomic mass is 16.5. The summed E-state index contributed by atoms with van der Waals surface area (Å²) in [4.78, 5) is 4.43. The van der Waals surface area contributed by atoms with Crippen molar-refractivity contribution in [3.8, 4) is 0 Å². The van der Waals surface area contributed by atoms with E-state index in [4.69, 9.17) is 9.26 Å². The van der Waals surface area contributed by atoms with Crippen molar-refractivity contribution in [1.29, 1.82) is 0 Å². The third kappa shape index (κ3) is 4.20. The van der Waals surface area contributed by atoms with Gasteiger partial charge in [0.1, 0.15) is 0 Å². The SMILES string of the molecule is CO[C@H](C)c1cccc(NCc2noc(Cc3ccccc3)n2)c1. The molecule has 0 unspecified atom stereocenters. The van der Waals surface area contributed by atoms with Crippen molar-refractivity contribution in [2.75, 3.05) is 12.4 Å². The molecule has 5 nitrogen and oxygen atoms in total. The highest BCUT2D eigenvalue weighted by molar-refractivity contribution is 5.46. The van der Waals surface area contributed by atoms with Gasteiger partial charge in [0.05, 0.1) is 19.1 Å². The molecule has 2 aromatic carbocycles. The van der Waals surface area contributed by atoms with Gasteiger partial charge in [0.25, 0.3) is 0 Å². The molecule has 0 saturated heterocycles. The Balaban J connectivity index is 1.59. The van der Waals surface area contributed by atoms with Crippen LogP contribution in [0, 0.1) is 0 Å². The number of ether oxygens (including phenoxy) is 1. The highest BCUT2D eigenvalue weighted by Crippen LogP contribution is 2.20. The third-order valence-electron chi connectivity index (χ3n) is 3.87. The molecular formula is C19H21N3O2. The molecule has 0 fully saturated rings. The first kappa shape index (κ1) is 16.2. The number of anilines is 1. The maximum atomic E-state index is 5.35. The Morgan fingerprint density at radius 2 is 1.96 bits per heavy atom. The van der Waals surface area contributed by atoms with E-state index in [1.54, 1.807) is 7.11 Å². The average Bonchev–Trinajstić information content (AvgIpc) is 3.08. The zero-order valence-electron chi connectivity index (χ0n) is 13.9. The van der Waals surface area contributed by atoms with E-state index in [-0.39, 0.29) is 6.10 Å². The van der Waals surface area contributed by atoms with Crippen molar-refractivity contribution < 1.29 is 9.26 Å². The van der Waals surface area contributed by atoms with Crippen molar-refractivity contribution in [2.24, 2.45) is 0 Å². The lowest BCUT2D eigenvalue weighted by atomic mass is 10.1. The van der Waals surface area contributed by atoms with Crippen molar-refractivity contribution in [2.45, 2.75) is 26.0 Å². The maximum absolute atomic E-state index is 5.35. The summed E-state index contributed by atoms with van der Waals surface area (Å²) in [7, 11) is 1.71.